The van der Waals surface area contributed by atoms with E-state index in [1.54, 1.807) is 29.8 Å². The molecule has 6 aliphatic rings. The van der Waals surface area contributed by atoms with Gasteiger partial charge in [0.2, 0.25) is 5.91 Å². The van der Waals surface area contributed by atoms with E-state index in [4.69, 9.17) is 16.7 Å². The van der Waals surface area contributed by atoms with Crippen molar-refractivity contribution in [3.8, 4) is 0 Å². The molecule has 7 atom stereocenters. The zero-order valence-corrected chi connectivity index (χ0v) is 34.9. The summed E-state index contributed by atoms with van der Waals surface area (Å²) in [5.74, 6) is 1.40. The van der Waals surface area contributed by atoms with Crippen LogP contribution in [0.4, 0.5) is 0 Å². The lowest BCUT2D eigenvalue weighted by atomic mass is 9.33. The largest absolute Gasteiger partial charge is 0.354 e. The molecule has 4 fully saturated rings. The van der Waals surface area contributed by atoms with E-state index in [0.29, 0.717) is 22.8 Å². The Labute approximate surface area is 324 Å². The number of amides is 1. The topological polar surface area (TPSA) is 84.3 Å². The molecule has 0 bridgehead atoms. The first-order valence-corrected chi connectivity index (χ1v) is 22.5. The predicted octanol–water partition coefficient (Wildman–Crippen LogP) is 9.19. The van der Waals surface area contributed by atoms with Crippen molar-refractivity contribution < 1.29 is 13.2 Å². The number of aromatic nitrogens is 2. The minimum atomic E-state index is -3.86. The van der Waals surface area contributed by atoms with Gasteiger partial charge >= 0.3 is 0 Å². The van der Waals surface area contributed by atoms with Gasteiger partial charge in [0.25, 0.3) is 10.0 Å². The standard InChI is InChI=1S/C44H63ClN4O3S/c1-39(2)19-21-44(38(50)46-23-26-48-24-9-8-10-25-48)22-20-42(6)33(34(44)28-39)15-16-36-41(5)27-30-29-49(53(51,52)32-13-11-31(45)12-14-32)47-37(30)40(3,4)35(41)17-18-43(36,42)7/h11-15,29,34-36H,8-10,16-28H2,1-7H3,(H,46,50)/t34-,35-,36+,41-,42+,43+,44-/m0/s1. The van der Waals surface area contributed by atoms with Gasteiger partial charge in [0.1, 0.15) is 0 Å². The number of likely N-dealkylation sites (tertiary alicyclic amines) is 1. The van der Waals surface area contributed by atoms with Crippen molar-refractivity contribution >= 4 is 27.5 Å². The summed E-state index contributed by atoms with van der Waals surface area (Å²) in [4.78, 5) is 17.3. The maximum absolute atomic E-state index is 14.5. The van der Waals surface area contributed by atoms with Crippen LogP contribution in [-0.2, 0) is 26.7 Å². The lowest BCUT2D eigenvalue weighted by Gasteiger charge is -2.70. The molecule has 9 heteroatoms. The number of allylic oxidation sites excluding steroid dienone is 2. The highest BCUT2D eigenvalue weighted by Gasteiger charge is 2.69. The van der Waals surface area contributed by atoms with E-state index < -0.39 is 10.0 Å². The molecule has 1 amide bonds. The fraction of sp³-hybridized carbons (Fsp3) is 0.727. The average molecular weight is 764 g/mol. The molecule has 53 heavy (non-hydrogen) atoms. The van der Waals surface area contributed by atoms with Crippen molar-refractivity contribution in [3.63, 3.8) is 0 Å². The fourth-order valence-electron chi connectivity index (χ4n) is 13.6. The Morgan fingerprint density at radius 1 is 0.925 bits per heavy atom. The molecular formula is C44H63ClN4O3S. The Morgan fingerprint density at radius 3 is 2.34 bits per heavy atom. The zero-order valence-electron chi connectivity index (χ0n) is 33.4. The lowest BCUT2D eigenvalue weighted by Crippen LogP contribution is -2.65. The van der Waals surface area contributed by atoms with Gasteiger partial charge in [-0.1, -0.05) is 78.1 Å². The fourth-order valence-corrected chi connectivity index (χ4v) is 14.9. The molecule has 2 aromatic rings. The normalized spacial score (nSPS) is 37.6. The van der Waals surface area contributed by atoms with Crippen LogP contribution in [0.1, 0.15) is 130 Å². The third-order valence-electron chi connectivity index (χ3n) is 16.7. The van der Waals surface area contributed by atoms with Gasteiger partial charge in [-0.25, -0.2) is 0 Å². The van der Waals surface area contributed by atoms with Crippen molar-refractivity contribution in [1.82, 2.24) is 19.4 Å². The Bertz CT molecular complexity index is 1910. The van der Waals surface area contributed by atoms with Crippen molar-refractivity contribution in [1.29, 1.82) is 0 Å². The molecule has 0 unspecified atom stereocenters. The summed E-state index contributed by atoms with van der Waals surface area (Å²) >= 11 is 6.10. The smallest absolute Gasteiger partial charge is 0.282 e. The van der Waals surface area contributed by atoms with Crippen LogP contribution < -0.4 is 5.32 Å². The van der Waals surface area contributed by atoms with Crippen molar-refractivity contribution in [2.75, 3.05) is 26.2 Å². The van der Waals surface area contributed by atoms with E-state index in [1.807, 2.05) is 6.20 Å². The molecule has 3 saturated carbocycles. The second-order valence-corrected chi connectivity index (χ2v) is 22.5. The average Bonchev–Trinajstić information content (AvgIpc) is 3.54. The first kappa shape index (κ1) is 37.7. The van der Waals surface area contributed by atoms with Crippen LogP contribution in [0.2, 0.25) is 5.02 Å². The molecule has 1 N–H and O–H groups in total. The summed E-state index contributed by atoms with van der Waals surface area (Å²) in [6, 6.07) is 6.37. The second-order valence-electron chi connectivity index (χ2n) is 20.3. The molecule has 1 saturated heterocycles. The number of hydrogen-bond donors (Lipinski definition) is 1. The van der Waals surface area contributed by atoms with Gasteiger partial charge in [-0.2, -0.15) is 17.6 Å². The number of nitrogens with one attached hydrogen (secondary N) is 1. The Kier molecular flexibility index (Phi) is 9.03. The third-order valence-corrected chi connectivity index (χ3v) is 18.5. The van der Waals surface area contributed by atoms with Gasteiger partial charge in [0.05, 0.1) is 16.0 Å². The van der Waals surface area contributed by atoms with Crippen molar-refractivity contribution in [3.05, 3.63) is 58.4 Å². The number of fused-ring (bicyclic) bond motifs is 8. The third kappa shape index (κ3) is 5.67. The predicted molar refractivity (Wildman–Crippen MR) is 212 cm³/mol. The summed E-state index contributed by atoms with van der Waals surface area (Å²) in [6.45, 7) is 21.2. The van der Waals surface area contributed by atoms with Gasteiger partial charge in [-0.3, -0.25) is 4.79 Å². The van der Waals surface area contributed by atoms with E-state index in [9.17, 15) is 13.2 Å². The van der Waals surface area contributed by atoms with Crippen LogP contribution in [-0.4, -0.2) is 54.6 Å². The highest BCUT2D eigenvalue weighted by molar-refractivity contribution is 7.89. The van der Waals surface area contributed by atoms with Crippen LogP contribution in [0, 0.1) is 44.8 Å². The SMILES string of the molecule is CC1(C)CC[C@]2(C(=O)NCCN3CCCCC3)CC[C@]3(C)C(=CC[C@@H]4[C@@]5(C)Cc6cn(S(=O)(=O)c7ccc(Cl)cc7)nc6C(C)(C)[C@@H]5CC[C@]43C)[C@@H]2C1. The summed E-state index contributed by atoms with van der Waals surface area (Å²) in [5, 5.41) is 8.89. The molecule has 2 heterocycles. The Hall–Kier alpha value is -2.16. The van der Waals surface area contributed by atoms with E-state index in [-0.39, 0.29) is 43.3 Å². The van der Waals surface area contributed by atoms with E-state index >= 15 is 0 Å². The Morgan fingerprint density at radius 2 is 1.62 bits per heavy atom. The van der Waals surface area contributed by atoms with E-state index in [2.05, 4.69) is 64.8 Å². The molecule has 0 spiro atoms. The minimum absolute atomic E-state index is 0.00604. The number of nitrogens with zero attached hydrogens (tertiary/aromatic N) is 3. The molecule has 1 aromatic heterocycles. The van der Waals surface area contributed by atoms with Crippen molar-refractivity contribution in [2.24, 2.45) is 44.8 Å². The maximum atomic E-state index is 14.5. The molecule has 0 radical (unpaired) electrons. The quantitative estimate of drug-likeness (QED) is 0.297. The van der Waals surface area contributed by atoms with E-state index in [0.717, 1.165) is 95.2 Å². The minimum Gasteiger partial charge on any atom is -0.354 e. The van der Waals surface area contributed by atoms with Crippen LogP contribution >= 0.6 is 11.6 Å². The number of carbonyl (C=O) groups excluding carboxylic acids is 1. The highest BCUT2D eigenvalue weighted by atomic mass is 35.5. The van der Waals surface area contributed by atoms with Gasteiger partial charge < -0.3 is 10.2 Å². The van der Waals surface area contributed by atoms with Crippen molar-refractivity contribution in [2.45, 2.75) is 136 Å². The van der Waals surface area contributed by atoms with E-state index in [1.165, 1.54) is 23.3 Å². The van der Waals surface area contributed by atoms with Gasteiger partial charge in [-0.15, -0.1) is 0 Å². The van der Waals surface area contributed by atoms with Gasteiger partial charge in [0.15, 0.2) is 0 Å². The molecule has 290 valence electrons. The summed E-state index contributed by atoms with van der Waals surface area (Å²) < 4.78 is 28.9. The van der Waals surface area contributed by atoms with Crippen LogP contribution in [0.5, 0.6) is 0 Å². The second kappa shape index (κ2) is 12.7. The molecular weight excluding hydrogens is 700 g/mol. The van der Waals surface area contributed by atoms with Crippen LogP contribution in [0.25, 0.3) is 0 Å². The molecule has 8 rings (SSSR count). The van der Waals surface area contributed by atoms with Gasteiger partial charge in [-0.05, 0) is 153 Å². The number of carbonyl (C=O) groups is 1. The number of hydrogen-bond acceptors (Lipinski definition) is 5. The first-order valence-electron chi connectivity index (χ1n) is 20.7. The Balaban J connectivity index is 1.12. The number of piperidine rings is 1. The molecule has 1 aliphatic heterocycles. The highest BCUT2D eigenvalue weighted by Crippen LogP contribution is 2.75. The van der Waals surface area contributed by atoms with Crippen LogP contribution in [0.3, 0.4) is 0 Å². The maximum Gasteiger partial charge on any atom is 0.282 e. The molecule has 7 nitrogen and oxygen atoms in total. The zero-order chi connectivity index (χ0) is 37.8. The summed E-state index contributed by atoms with van der Waals surface area (Å²) in [5.41, 5.74) is 3.23. The summed E-state index contributed by atoms with van der Waals surface area (Å²) in [7, 11) is -3.86. The molecule has 1 aromatic carbocycles. The number of halogens is 1. The van der Waals surface area contributed by atoms with Gasteiger partial charge in [0, 0.05) is 29.7 Å². The molecule has 5 aliphatic carbocycles. The van der Waals surface area contributed by atoms with Crippen LogP contribution in [0.15, 0.2) is 47.0 Å². The summed E-state index contributed by atoms with van der Waals surface area (Å²) in [6.07, 6.45) is 17.6. The first-order chi connectivity index (χ1) is 24.9. The number of benzene rings is 1. The lowest BCUT2D eigenvalue weighted by molar-refractivity contribution is -0.167. The number of rotatable bonds is 6. The monoisotopic (exact) mass is 762 g/mol.